The molecule has 92 valence electrons. The lowest BCUT2D eigenvalue weighted by Gasteiger charge is -2.24. The fraction of sp³-hybridized carbons (Fsp3) is 0.700. The number of terminal acetylenes is 1. The van der Waals surface area contributed by atoms with E-state index in [1.807, 2.05) is 5.92 Å². The van der Waals surface area contributed by atoms with E-state index in [0.717, 1.165) is 0 Å². The molecule has 1 N–H and O–H groups in total. The molecule has 0 saturated heterocycles. The fourth-order valence-electron chi connectivity index (χ4n) is 0.816. The quantitative estimate of drug-likeness (QED) is 0.749. The normalized spacial score (nSPS) is 13.8. The molecule has 0 fully saturated rings. The summed E-state index contributed by atoms with van der Waals surface area (Å²) >= 11 is 0. The van der Waals surface area contributed by atoms with Gasteiger partial charge in [0.15, 0.2) is 0 Å². The van der Waals surface area contributed by atoms with E-state index in [-0.39, 0.29) is 0 Å². The van der Waals surface area contributed by atoms with Gasteiger partial charge in [0, 0.05) is 6.42 Å². The van der Waals surface area contributed by atoms with Crippen LogP contribution in [-0.4, -0.2) is 23.9 Å². The van der Waals surface area contributed by atoms with Gasteiger partial charge in [0.25, 0.3) is 0 Å². The number of carbonyl (C=O) groups excluding carboxylic acids is 1. The largest absolute Gasteiger partial charge is 0.444 e. The maximum Gasteiger partial charge on any atom is 0.409 e. The Balaban J connectivity index is 4.43. The molecule has 0 spiro atoms. The summed E-state index contributed by atoms with van der Waals surface area (Å²) in [5.41, 5.74) is -0.851. The first-order valence-electron chi connectivity index (χ1n) is 4.56. The van der Waals surface area contributed by atoms with Crippen LogP contribution in [0.4, 0.5) is 18.0 Å². The maximum absolute atomic E-state index is 12.3. The topological polar surface area (TPSA) is 38.3 Å². The minimum absolute atomic E-state index is 0.622. The van der Waals surface area contributed by atoms with Crippen LogP contribution >= 0.6 is 0 Å². The minimum Gasteiger partial charge on any atom is -0.444 e. The smallest absolute Gasteiger partial charge is 0.409 e. The van der Waals surface area contributed by atoms with Gasteiger partial charge < -0.3 is 10.1 Å². The van der Waals surface area contributed by atoms with Crippen molar-refractivity contribution >= 4 is 6.09 Å². The van der Waals surface area contributed by atoms with Gasteiger partial charge in [-0.05, 0) is 20.8 Å². The first kappa shape index (κ1) is 14.6. The van der Waals surface area contributed by atoms with E-state index < -0.39 is 30.3 Å². The van der Waals surface area contributed by atoms with Crippen LogP contribution in [-0.2, 0) is 4.74 Å². The number of ether oxygens (including phenoxy) is 1. The first-order valence-corrected chi connectivity index (χ1v) is 4.56. The third-order valence-corrected chi connectivity index (χ3v) is 1.41. The van der Waals surface area contributed by atoms with Crippen LogP contribution in [0.15, 0.2) is 0 Å². The Kier molecular flexibility index (Phi) is 4.66. The number of hydrogen-bond acceptors (Lipinski definition) is 2. The average molecular weight is 237 g/mol. The molecule has 0 bridgehead atoms. The van der Waals surface area contributed by atoms with Gasteiger partial charge in [-0.15, -0.1) is 12.3 Å². The molecular formula is C10H14F3NO2. The van der Waals surface area contributed by atoms with E-state index in [2.05, 4.69) is 0 Å². The van der Waals surface area contributed by atoms with E-state index in [0.29, 0.717) is 0 Å². The number of carbonyl (C=O) groups is 1. The van der Waals surface area contributed by atoms with E-state index in [1.54, 1.807) is 26.1 Å². The van der Waals surface area contributed by atoms with Gasteiger partial charge in [0.2, 0.25) is 0 Å². The Bertz CT molecular complexity index is 286. The van der Waals surface area contributed by atoms with Gasteiger partial charge in [-0.3, -0.25) is 0 Å². The minimum atomic E-state index is -4.58. The molecule has 0 aliphatic rings. The third kappa shape index (κ3) is 6.17. The van der Waals surface area contributed by atoms with Crippen molar-refractivity contribution in [2.75, 3.05) is 0 Å². The monoisotopic (exact) mass is 237 g/mol. The highest BCUT2D eigenvalue weighted by molar-refractivity contribution is 5.68. The molecule has 16 heavy (non-hydrogen) atoms. The molecular weight excluding hydrogens is 223 g/mol. The average Bonchev–Trinajstić information content (AvgIpc) is 1.97. The van der Waals surface area contributed by atoms with Crippen LogP contribution in [0.3, 0.4) is 0 Å². The van der Waals surface area contributed by atoms with Crippen molar-refractivity contribution in [3.63, 3.8) is 0 Å². The van der Waals surface area contributed by atoms with Gasteiger partial charge in [-0.2, -0.15) is 13.2 Å². The second-order valence-corrected chi connectivity index (χ2v) is 4.15. The molecule has 1 atom stereocenters. The maximum atomic E-state index is 12.3. The molecule has 0 aromatic heterocycles. The molecule has 1 amide bonds. The van der Waals surface area contributed by atoms with Gasteiger partial charge in [-0.1, -0.05) is 0 Å². The highest BCUT2D eigenvalue weighted by atomic mass is 19.4. The summed E-state index contributed by atoms with van der Waals surface area (Å²) in [6.07, 6.45) is -1.55. The summed E-state index contributed by atoms with van der Waals surface area (Å²) in [7, 11) is 0. The van der Waals surface area contributed by atoms with Crippen molar-refractivity contribution in [1.82, 2.24) is 5.32 Å². The summed E-state index contributed by atoms with van der Waals surface area (Å²) in [5, 5.41) is 1.69. The molecule has 0 saturated carbocycles. The molecule has 0 heterocycles. The van der Waals surface area contributed by atoms with Crippen molar-refractivity contribution in [3.8, 4) is 12.3 Å². The van der Waals surface area contributed by atoms with Crippen LogP contribution < -0.4 is 5.32 Å². The highest BCUT2D eigenvalue weighted by Gasteiger charge is 2.40. The van der Waals surface area contributed by atoms with E-state index in [4.69, 9.17) is 11.2 Å². The molecule has 0 aromatic carbocycles. The summed E-state index contributed by atoms with van der Waals surface area (Å²) in [6.45, 7) is 4.66. The van der Waals surface area contributed by atoms with Crippen LogP contribution in [0.2, 0.25) is 0 Å². The number of halogens is 3. The molecule has 1 unspecified atom stereocenters. The van der Waals surface area contributed by atoms with Crippen LogP contribution in [0, 0.1) is 12.3 Å². The van der Waals surface area contributed by atoms with E-state index in [9.17, 15) is 18.0 Å². The predicted octanol–water partition coefficient (Wildman–Crippen LogP) is 2.47. The number of rotatable bonds is 2. The molecule has 0 aliphatic carbocycles. The van der Waals surface area contributed by atoms with Crippen molar-refractivity contribution in [2.45, 2.75) is 45.0 Å². The SMILES string of the molecule is C#CCC(NC(=O)OC(C)(C)C)C(F)(F)F. The first-order chi connectivity index (χ1) is 7.06. The summed E-state index contributed by atoms with van der Waals surface area (Å²) in [4.78, 5) is 11.1. The number of alkyl halides is 3. The van der Waals surface area contributed by atoms with E-state index >= 15 is 0 Å². The Hall–Kier alpha value is -1.38. The number of alkyl carbamates (subject to hydrolysis) is 1. The van der Waals surface area contributed by atoms with Crippen LogP contribution in [0.5, 0.6) is 0 Å². The van der Waals surface area contributed by atoms with Crippen LogP contribution in [0.25, 0.3) is 0 Å². The Morgan fingerprint density at radius 1 is 1.44 bits per heavy atom. The second kappa shape index (κ2) is 5.10. The molecule has 0 rings (SSSR count). The van der Waals surface area contributed by atoms with Crippen molar-refractivity contribution in [3.05, 3.63) is 0 Å². The highest BCUT2D eigenvalue weighted by Crippen LogP contribution is 2.22. The number of hydrogen-bond donors (Lipinski definition) is 1. The molecule has 0 radical (unpaired) electrons. The van der Waals surface area contributed by atoms with Crippen molar-refractivity contribution in [2.24, 2.45) is 0 Å². The Morgan fingerprint density at radius 2 is 1.94 bits per heavy atom. The zero-order valence-corrected chi connectivity index (χ0v) is 9.31. The third-order valence-electron chi connectivity index (χ3n) is 1.41. The Labute approximate surface area is 92.3 Å². The van der Waals surface area contributed by atoms with Gasteiger partial charge in [0.05, 0.1) is 0 Å². The predicted molar refractivity (Wildman–Crippen MR) is 52.7 cm³/mol. The molecule has 3 nitrogen and oxygen atoms in total. The molecule has 0 aromatic rings. The van der Waals surface area contributed by atoms with Crippen molar-refractivity contribution in [1.29, 1.82) is 0 Å². The summed E-state index contributed by atoms with van der Waals surface area (Å²) in [5.74, 6) is 1.85. The van der Waals surface area contributed by atoms with E-state index in [1.165, 1.54) is 0 Å². The van der Waals surface area contributed by atoms with Crippen molar-refractivity contribution < 1.29 is 22.7 Å². The second-order valence-electron chi connectivity index (χ2n) is 4.15. The van der Waals surface area contributed by atoms with Gasteiger partial charge >= 0.3 is 12.3 Å². The fourth-order valence-corrected chi connectivity index (χ4v) is 0.816. The number of amides is 1. The van der Waals surface area contributed by atoms with Gasteiger partial charge in [-0.25, -0.2) is 4.79 Å². The Morgan fingerprint density at radius 3 is 2.25 bits per heavy atom. The molecule has 0 aliphatic heterocycles. The summed E-state index contributed by atoms with van der Waals surface area (Å²) in [6, 6.07) is -2.08. The van der Waals surface area contributed by atoms with Crippen LogP contribution in [0.1, 0.15) is 27.2 Å². The standard InChI is InChI=1S/C10H14F3NO2/c1-5-6-7(10(11,12)13)14-8(15)16-9(2,3)4/h1,7H,6H2,2-4H3,(H,14,15). The summed E-state index contributed by atoms with van der Waals surface area (Å²) < 4.78 is 41.7. The lowest BCUT2D eigenvalue weighted by Crippen LogP contribution is -2.46. The molecule has 6 heteroatoms. The zero-order chi connectivity index (χ0) is 13.0. The van der Waals surface area contributed by atoms with Gasteiger partial charge in [0.1, 0.15) is 11.6 Å². The zero-order valence-electron chi connectivity index (χ0n) is 9.31. The lowest BCUT2D eigenvalue weighted by atomic mass is 10.2. The number of nitrogens with one attached hydrogen (secondary N) is 1. The lowest BCUT2D eigenvalue weighted by molar-refractivity contribution is -0.153.